The van der Waals surface area contributed by atoms with Crippen LogP contribution in [0.5, 0.6) is 0 Å². The molecule has 0 aromatic carbocycles. The van der Waals surface area contributed by atoms with Crippen LogP contribution in [0, 0.1) is 0 Å². The summed E-state index contributed by atoms with van der Waals surface area (Å²) in [6, 6.07) is -0.752. The summed E-state index contributed by atoms with van der Waals surface area (Å²) in [5.74, 6) is -0.918. The molecule has 8 nitrogen and oxygen atoms in total. The fourth-order valence-corrected chi connectivity index (χ4v) is 5.29. The van der Waals surface area contributed by atoms with E-state index in [-0.39, 0.29) is 5.70 Å². The molecule has 0 bridgehead atoms. The lowest BCUT2D eigenvalue weighted by Gasteiger charge is -2.49. The number of aliphatic carboxylic acids is 1. The Morgan fingerprint density at radius 3 is 2.52 bits per heavy atom. The average molecular weight is 399 g/mol. The number of nitrogens with one attached hydrogen (secondary N) is 1. The predicted octanol–water partition coefficient (Wildman–Crippen LogP) is 1.37. The molecule has 2 fully saturated rings. The molecular weight excluding hydrogens is 370 g/mol. The van der Waals surface area contributed by atoms with Gasteiger partial charge in [-0.2, -0.15) is 0 Å². The molecule has 0 aliphatic carbocycles. The third kappa shape index (κ3) is 4.08. The number of quaternary nitrogens is 1. The van der Waals surface area contributed by atoms with E-state index in [9.17, 15) is 19.5 Å². The Hall–Kier alpha value is -1.74. The fourth-order valence-electron chi connectivity index (χ4n) is 3.96. The van der Waals surface area contributed by atoms with Gasteiger partial charge in [0.2, 0.25) is 0 Å². The predicted molar refractivity (Wildman–Crippen MR) is 101 cm³/mol. The number of amides is 2. The third-order valence-corrected chi connectivity index (χ3v) is 6.48. The van der Waals surface area contributed by atoms with Gasteiger partial charge in [0, 0.05) is 24.2 Å². The lowest BCUT2D eigenvalue weighted by atomic mass is 10.0. The van der Waals surface area contributed by atoms with Gasteiger partial charge in [-0.3, -0.25) is 9.69 Å². The van der Waals surface area contributed by atoms with Crippen molar-refractivity contribution in [2.75, 3.05) is 32.4 Å². The summed E-state index contributed by atoms with van der Waals surface area (Å²) in [5.41, 5.74) is 0.235. The van der Waals surface area contributed by atoms with E-state index in [4.69, 9.17) is 4.74 Å². The molecule has 0 aromatic heterocycles. The average Bonchev–Trinajstić information content (AvgIpc) is 2.96. The van der Waals surface area contributed by atoms with Gasteiger partial charge in [0.1, 0.15) is 29.3 Å². The quantitative estimate of drug-likeness (QED) is 0.549. The summed E-state index contributed by atoms with van der Waals surface area (Å²) >= 11 is 1.50. The van der Waals surface area contributed by atoms with Gasteiger partial charge in [0.05, 0.1) is 20.1 Å². The molecule has 3 rings (SSSR count). The first-order valence-corrected chi connectivity index (χ1v) is 10.3. The lowest BCUT2D eigenvalue weighted by molar-refractivity contribution is -0.893. The standard InChI is InChI=1S/C18H27N3O5S/c1-18(2,3)26-17(25)19-12-14(22)20-13(16(23)24)11(10-27-15(12)20)9-21(4)7-5-6-8-21/h12,15H,5-10H2,1-4H3,(H-,19,23,24,25)/p+1/t12?,15-/m0/s1. The van der Waals surface area contributed by atoms with Gasteiger partial charge in [-0.15, -0.1) is 11.8 Å². The molecule has 27 heavy (non-hydrogen) atoms. The first-order chi connectivity index (χ1) is 12.5. The Kier molecular flexibility index (Phi) is 5.20. The number of thioether (sulfide) groups is 1. The van der Waals surface area contributed by atoms with Crippen LogP contribution in [-0.2, 0) is 14.3 Å². The molecule has 9 heteroatoms. The summed E-state index contributed by atoms with van der Waals surface area (Å²) in [6.45, 7) is 7.94. The summed E-state index contributed by atoms with van der Waals surface area (Å²) in [5, 5.41) is 11.9. The van der Waals surface area contributed by atoms with Crippen molar-refractivity contribution in [3.8, 4) is 0 Å². The molecule has 2 atom stereocenters. The van der Waals surface area contributed by atoms with Crippen LogP contribution < -0.4 is 5.32 Å². The molecule has 3 heterocycles. The number of alkyl carbamates (subject to hydrolysis) is 1. The van der Waals surface area contributed by atoms with Crippen LogP contribution in [0.3, 0.4) is 0 Å². The molecule has 3 aliphatic heterocycles. The van der Waals surface area contributed by atoms with E-state index in [0.29, 0.717) is 12.3 Å². The molecule has 3 aliphatic rings. The first-order valence-electron chi connectivity index (χ1n) is 9.24. The maximum Gasteiger partial charge on any atom is 0.408 e. The van der Waals surface area contributed by atoms with Gasteiger partial charge in [-0.1, -0.05) is 0 Å². The number of ether oxygens (including phenoxy) is 1. The molecule has 2 N–H and O–H groups in total. The Bertz CT molecular complexity index is 694. The minimum atomic E-state index is -1.08. The fraction of sp³-hybridized carbons (Fsp3) is 0.722. The van der Waals surface area contributed by atoms with Crippen molar-refractivity contribution in [1.29, 1.82) is 0 Å². The summed E-state index contributed by atoms with van der Waals surface area (Å²) < 4.78 is 6.03. The molecule has 2 saturated heterocycles. The zero-order valence-corrected chi connectivity index (χ0v) is 17.1. The monoisotopic (exact) mass is 398 g/mol. The van der Waals surface area contributed by atoms with E-state index in [1.165, 1.54) is 16.7 Å². The number of carboxylic acids is 1. The number of likely N-dealkylation sites (tertiary alicyclic amines) is 1. The zero-order chi connectivity index (χ0) is 20.0. The van der Waals surface area contributed by atoms with Gasteiger partial charge < -0.3 is 19.6 Å². The highest BCUT2D eigenvalue weighted by molar-refractivity contribution is 8.00. The highest BCUT2D eigenvalue weighted by Gasteiger charge is 2.55. The molecular formula is C18H28N3O5S+. The van der Waals surface area contributed by atoms with Crippen molar-refractivity contribution >= 4 is 29.7 Å². The van der Waals surface area contributed by atoms with Crippen LogP contribution in [0.15, 0.2) is 11.3 Å². The lowest BCUT2D eigenvalue weighted by Crippen LogP contribution is -2.71. The summed E-state index contributed by atoms with van der Waals surface area (Å²) in [6.07, 6.45) is 1.63. The molecule has 150 valence electrons. The van der Waals surface area contributed by atoms with E-state index in [1.54, 1.807) is 20.8 Å². The van der Waals surface area contributed by atoms with Crippen LogP contribution >= 0.6 is 11.8 Å². The third-order valence-electron chi connectivity index (χ3n) is 5.14. The number of likely N-dealkylation sites (N-methyl/N-ethyl adjacent to an activating group) is 1. The molecule has 1 unspecified atom stereocenters. The topological polar surface area (TPSA) is 95.9 Å². The van der Waals surface area contributed by atoms with Crippen LogP contribution in [0.1, 0.15) is 33.6 Å². The van der Waals surface area contributed by atoms with Crippen molar-refractivity contribution < 1.29 is 28.7 Å². The largest absolute Gasteiger partial charge is 0.477 e. The smallest absolute Gasteiger partial charge is 0.408 e. The van der Waals surface area contributed by atoms with Crippen molar-refractivity contribution in [2.45, 2.75) is 50.6 Å². The first kappa shape index (κ1) is 20.0. The molecule has 2 amide bonds. The number of β-lactam (4-membered cyclic amide) rings is 1. The van der Waals surface area contributed by atoms with Crippen molar-refractivity contribution in [3.63, 3.8) is 0 Å². The number of hydrogen-bond donors (Lipinski definition) is 2. The molecule has 0 spiro atoms. The second-order valence-electron chi connectivity index (χ2n) is 8.72. The molecule has 0 radical (unpaired) electrons. The minimum absolute atomic E-state index is 0.0947. The number of fused-ring (bicyclic) bond motifs is 1. The maximum atomic E-state index is 12.6. The SMILES string of the molecule is CC(C)(C)OC(=O)NC1C(=O)N2C(C(=O)O)=C(C[N+]3(C)CCCC3)CS[C@@H]12. The Balaban J connectivity index is 1.75. The summed E-state index contributed by atoms with van der Waals surface area (Å²) in [7, 11) is 2.14. The number of hydrogen-bond acceptors (Lipinski definition) is 5. The van der Waals surface area contributed by atoms with Crippen molar-refractivity contribution in [2.24, 2.45) is 0 Å². The van der Waals surface area contributed by atoms with Gasteiger partial charge >= 0.3 is 12.1 Å². The second-order valence-corrected chi connectivity index (χ2v) is 9.83. The van der Waals surface area contributed by atoms with Gasteiger partial charge in [0.25, 0.3) is 5.91 Å². The number of rotatable bonds is 4. The van der Waals surface area contributed by atoms with Gasteiger partial charge in [-0.25, -0.2) is 9.59 Å². The normalized spacial score (nSPS) is 27.1. The Labute approximate surface area is 163 Å². The number of nitrogens with zero attached hydrogens (tertiary/aromatic N) is 2. The Morgan fingerprint density at radius 1 is 1.33 bits per heavy atom. The summed E-state index contributed by atoms with van der Waals surface area (Å²) in [4.78, 5) is 37.8. The minimum Gasteiger partial charge on any atom is -0.477 e. The maximum absolute atomic E-state index is 12.6. The van der Waals surface area contributed by atoms with E-state index in [1.807, 2.05) is 0 Å². The van der Waals surface area contributed by atoms with Gasteiger partial charge in [0.15, 0.2) is 0 Å². The zero-order valence-electron chi connectivity index (χ0n) is 16.3. The highest BCUT2D eigenvalue weighted by atomic mass is 32.2. The van der Waals surface area contributed by atoms with Crippen LogP contribution in [0.2, 0.25) is 0 Å². The van der Waals surface area contributed by atoms with Crippen molar-refractivity contribution in [3.05, 3.63) is 11.3 Å². The van der Waals surface area contributed by atoms with E-state index < -0.39 is 35.0 Å². The van der Waals surface area contributed by atoms with Crippen LogP contribution in [0.25, 0.3) is 0 Å². The van der Waals surface area contributed by atoms with Crippen LogP contribution in [0.4, 0.5) is 4.79 Å². The van der Waals surface area contributed by atoms with Gasteiger partial charge in [-0.05, 0) is 20.8 Å². The highest BCUT2D eigenvalue weighted by Crippen LogP contribution is 2.41. The van der Waals surface area contributed by atoms with E-state index in [2.05, 4.69) is 12.4 Å². The van der Waals surface area contributed by atoms with E-state index in [0.717, 1.165) is 36.0 Å². The van der Waals surface area contributed by atoms with Crippen molar-refractivity contribution in [1.82, 2.24) is 10.2 Å². The van der Waals surface area contributed by atoms with Crippen LogP contribution in [-0.4, -0.2) is 81.9 Å². The number of carbonyl (C=O) groups is 3. The molecule has 0 aromatic rings. The molecule has 0 saturated carbocycles. The number of carboxylic acid groups (broad SMARTS) is 1. The van der Waals surface area contributed by atoms with E-state index >= 15 is 0 Å². The Morgan fingerprint density at radius 2 is 1.96 bits per heavy atom. The number of carbonyl (C=O) groups excluding carboxylic acids is 2. The second kappa shape index (κ2) is 7.01.